The van der Waals surface area contributed by atoms with E-state index in [-0.39, 0.29) is 6.61 Å². The third kappa shape index (κ3) is 1.31. The fourth-order valence-electron chi connectivity index (χ4n) is 1.10. The highest BCUT2D eigenvalue weighted by molar-refractivity contribution is 5.25. The molecule has 6 heteroatoms. The molecule has 0 bridgehead atoms. The Balaban J connectivity index is 2.45. The van der Waals surface area contributed by atoms with Gasteiger partial charge in [-0.05, 0) is 0 Å². The van der Waals surface area contributed by atoms with Crippen LogP contribution >= 0.6 is 0 Å². The summed E-state index contributed by atoms with van der Waals surface area (Å²) in [5.41, 5.74) is 1.44. The van der Waals surface area contributed by atoms with Crippen LogP contribution < -0.4 is 0 Å². The zero-order valence-corrected chi connectivity index (χ0v) is 7.12. The first-order chi connectivity index (χ1) is 6.31. The minimum atomic E-state index is -0.0815. The topological polar surface area (TPSA) is 68.8 Å². The first-order valence-corrected chi connectivity index (χ1v) is 3.80. The average molecular weight is 179 g/mol. The average Bonchev–Trinajstić information content (AvgIpc) is 2.71. The number of nitrogens with zero attached hydrogens (tertiary/aromatic N) is 5. The van der Waals surface area contributed by atoms with Gasteiger partial charge in [0.15, 0.2) is 0 Å². The predicted molar refractivity (Wildman–Crippen MR) is 44.0 cm³/mol. The lowest BCUT2D eigenvalue weighted by atomic mass is 10.4. The second-order valence-corrected chi connectivity index (χ2v) is 2.67. The second-order valence-electron chi connectivity index (χ2n) is 2.67. The Morgan fingerprint density at radius 1 is 1.46 bits per heavy atom. The van der Waals surface area contributed by atoms with Crippen molar-refractivity contribution in [1.29, 1.82) is 0 Å². The van der Waals surface area contributed by atoms with Crippen LogP contribution in [0.3, 0.4) is 0 Å². The monoisotopic (exact) mass is 179 g/mol. The maximum Gasteiger partial charge on any atom is 0.105 e. The van der Waals surface area contributed by atoms with E-state index in [1.165, 1.54) is 6.20 Å². The molecule has 68 valence electrons. The zero-order valence-electron chi connectivity index (χ0n) is 7.12. The molecule has 6 nitrogen and oxygen atoms in total. The Labute approximate surface area is 74.4 Å². The quantitative estimate of drug-likeness (QED) is 0.674. The summed E-state index contributed by atoms with van der Waals surface area (Å²) < 4.78 is 3.21. The molecule has 2 aromatic rings. The zero-order chi connectivity index (χ0) is 9.26. The molecule has 13 heavy (non-hydrogen) atoms. The van der Waals surface area contributed by atoms with E-state index < -0.39 is 0 Å². The maximum absolute atomic E-state index is 8.95. The summed E-state index contributed by atoms with van der Waals surface area (Å²) in [6, 6.07) is 0. The highest BCUT2D eigenvalue weighted by Crippen LogP contribution is 2.06. The van der Waals surface area contributed by atoms with Crippen molar-refractivity contribution in [3.05, 3.63) is 24.3 Å². The van der Waals surface area contributed by atoms with Crippen molar-refractivity contribution in [3.8, 4) is 5.69 Å². The van der Waals surface area contributed by atoms with Crippen molar-refractivity contribution in [2.45, 2.75) is 6.61 Å². The van der Waals surface area contributed by atoms with Gasteiger partial charge in [-0.2, -0.15) is 5.10 Å². The van der Waals surface area contributed by atoms with Crippen molar-refractivity contribution in [2.75, 3.05) is 0 Å². The molecule has 0 atom stereocenters. The van der Waals surface area contributed by atoms with Gasteiger partial charge in [0.1, 0.15) is 5.69 Å². The molecule has 0 saturated heterocycles. The van der Waals surface area contributed by atoms with Gasteiger partial charge in [-0.1, -0.05) is 5.21 Å². The lowest BCUT2D eigenvalue weighted by molar-refractivity contribution is 0.273. The van der Waals surface area contributed by atoms with E-state index in [1.54, 1.807) is 21.8 Å². The molecule has 0 aromatic carbocycles. The van der Waals surface area contributed by atoms with E-state index in [9.17, 15) is 0 Å². The molecule has 0 aliphatic carbocycles. The van der Waals surface area contributed by atoms with Crippen LogP contribution in [-0.4, -0.2) is 29.9 Å². The molecule has 0 unspecified atom stereocenters. The molecular weight excluding hydrogens is 170 g/mol. The van der Waals surface area contributed by atoms with Gasteiger partial charge in [-0.3, -0.25) is 4.68 Å². The SMILES string of the molecule is Cn1cc(-n2nncc2CO)cn1. The Kier molecular flexibility index (Phi) is 1.82. The van der Waals surface area contributed by atoms with Crippen LogP contribution in [0.1, 0.15) is 5.69 Å². The van der Waals surface area contributed by atoms with E-state index in [2.05, 4.69) is 15.4 Å². The number of hydrogen-bond donors (Lipinski definition) is 1. The van der Waals surface area contributed by atoms with Crippen molar-refractivity contribution in [1.82, 2.24) is 24.8 Å². The number of aliphatic hydroxyl groups excluding tert-OH is 1. The normalized spacial score (nSPS) is 10.6. The lowest BCUT2D eigenvalue weighted by Gasteiger charge is -1.97. The van der Waals surface area contributed by atoms with Crippen LogP contribution in [0.5, 0.6) is 0 Å². The third-order valence-corrected chi connectivity index (χ3v) is 1.72. The summed E-state index contributed by atoms with van der Waals surface area (Å²) in [6.07, 6.45) is 4.98. The fraction of sp³-hybridized carbons (Fsp3) is 0.286. The van der Waals surface area contributed by atoms with Gasteiger partial charge in [0.25, 0.3) is 0 Å². The Morgan fingerprint density at radius 3 is 2.92 bits per heavy atom. The molecule has 2 rings (SSSR count). The minimum absolute atomic E-state index is 0.0815. The van der Waals surface area contributed by atoms with Gasteiger partial charge in [-0.25, -0.2) is 4.68 Å². The van der Waals surface area contributed by atoms with Crippen LogP contribution in [0.15, 0.2) is 18.6 Å². The van der Waals surface area contributed by atoms with Crippen LogP contribution in [0.2, 0.25) is 0 Å². The fourth-order valence-corrected chi connectivity index (χ4v) is 1.10. The van der Waals surface area contributed by atoms with Crippen molar-refractivity contribution in [2.24, 2.45) is 7.05 Å². The van der Waals surface area contributed by atoms with Crippen LogP contribution in [0.4, 0.5) is 0 Å². The first-order valence-electron chi connectivity index (χ1n) is 3.80. The highest BCUT2D eigenvalue weighted by Gasteiger charge is 2.05. The van der Waals surface area contributed by atoms with E-state index in [0.717, 1.165) is 5.69 Å². The number of aromatic nitrogens is 5. The summed E-state index contributed by atoms with van der Waals surface area (Å²) in [5.74, 6) is 0. The molecule has 0 amide bonds. The van der Waals surface area contributed by atoms with E-state index >= 15 is 0 Å². The van der Waals surface area contributed by atoms with Crippen LogP contribution in [0, 0.1) is 0 Å². The van der Waals surface area contributed by atoms with Gasteiger partial charge in [0.05, 0.1) is 30.9 Å². The summed E-state index contributed by atoms with van der Waals surface area (Å²) in [5, 5.41) is 20.5. The van der Waals surface area contributed by atoms with Crippen molar-refractivity contribution < 1.29 is 5.11 Å². The number of aliphatic hydroxyl groups is 1. The molecule has 1 N–H and O–H groups in total. The summed E-state index contributed by atoms with van der Waals surface area (Å²) in [7, 11) is 1.82. The van der Waals surface area contributed by atoms with Crippen LogP contribution in [-0.2, 0) is 13.7 Å². The Hall–Kier alpha value is -1.69. The minimum Gasteiger partial charge on any atom is -0.390 e. The van der Waals surface area contributed by atoms with Gasteiger partial charge < -0.3 is 5.11 Å². The molecule has 0 spiro atoms. The summed E-state index contributed by atoms with van der Waals surface area (Å²) in [4.78, 5) is 0. The largest absolute Gasteiger partial charge is 0.390 e. The molecule has 2 heterocycles. The molecule has 0 radical (unpaired) electrons. The van der Waals surface area contributed by atoms with Crippen molar-refractivity contribution in [3.63, 3.8) is 0 Å². The highest BCUT2D eigenvalue weighted by atomic mass is 16.3. The molecular formula is C7H9N5O. The smallest absolute Gasteiger partial charge is 0.105 e. The van der Waals surface area contributed by atoms with E-state index in [0.29, 0.717) is 5.69 Å². The Morgan fingerprint density at radius 2 is 2.31 bits per heavy atom. The first kappa shape index (κ1) is 7.93. The number of hydrogen-bond acceptors (Lipinski definition) is 4. The predicted octanol–water partition coefficient (Wildman–Crippen LogP) is -0.507. The number of aryl methyl sites for hydroxylation is 1. The molecule has 0 fully saturated rings. The molecule has 0 aliphatic rings. The molecule has 0 aliphatic heterocycles. The van der Waals surface area contributed by atoms with Gasteiger partial charge >= 0.3 is 0 Å². The van der Waals surface area contributed by atoms with E-state index in [1.807, 2.05) is 7.05 Å². The standard InChI is InChI=1S/C7H9N5O/c1-11-4-6(3-9-11)12-7(5-13)2-8-10-12/h2-4,13H,5H2,1H3. The maximum atomic E-state index is 8.95. The van der Waals surface area contributed by atoms with Gasteiger partial charge in [0.2, 0.25) is 0 Å². The molecule has 2 aromatic heterocycles. The van der Waals surface area contributed by atoms with E-state index in [4.69, 9.17) is 5.11 Å². The van der Waals surface area contributed by atoms with Gasteiger partial charge in [-0.15, -0.1) is 5.10 Å². The lowest BCUT2D eigenvalue weighted by Crippen LogP contribution is -2.00. The van der Waals surface area contributed by atoms with Crippen LogP contribution in [0.25, 0.3) is 5.69 Å². The molecule has 0 saturated carbocycles. The Bertz CT molecular complexity index is 404. The van der Waals surface area contributed by atoms with Crippen molar-refractivity contribution >= 4 is 0 Å². The summed E-state index contributed by atoms with van der Waals surface area (Å²) in [6.45, 7) is -0.0815. The summed E-state index contributed by atoms with van der Waals surface area (Å²) >= 11 is 0. The van der Waals surface area contributed by atoms with Gasteiger partial charge in [0, 0.05) is 7.05 Å². The third-order valence-electron chi connectivity index (χ3n) is 1.72. The number of rotatable bonds is 2. The second kappa shape index (κ2) is 2.98.